The number of rotatable bonds is 3. The van der Waals surface area contributed by atoms with Crippen LogP contribution in [0.2, 0.25) is 0 Å². The molecule has 10 heteroatoms. The number of phenols is 1. The monoisotopic (exact) mass is 457 g/mol. The van der Waals surface area contributed by atoms with Crippen molar-refractivity contribution in [3.05, 3.63) is 39.7 Å². The van der Waals surface area contributed by atoms with Crippen LogP contribution in [0.3, 0.4) is 0 Å². The smallest absolute Gasteiger partial charge is 0.255 e. The summed E-state index contributed by atoms with van der Waals surface area (Å²) in [5.74, 6) is -6.54. The molecule has 176 valence electrons. The number of hydrogen-bond acceptors (Lipinski definition) is 9. The number of phenolic OH excluding ortho intramolecular Hbond substituents is 1. The van der Waals surface area contributed by atoms with E-state index in [0.717, 1.165) is 5.56 Å². The van der Waals surface area contributed by atoms with E-state index >= 15 is 0 Å². The van der Waals surface area contributed by atoms with Gasteiger partial charge in [-0.15, -0.1) is 0 Å². The largest absolute Gasteiger partial charge is 0.508 e. The molecule has 0 aromatic heterocycles. The summed E-state index contributed by atoms with van der Waals surface area (Å²) >= 11 is 0. The summed E-state index contributed by atoms with van der Waals surface area (Å²) in [6.45, 7) is 1.82. The highest BCUT2D eigenvalue weighted by atomic mass is 16.3. The van der Waals surface area contributed by atoms with Gasteiger partial charge in [-0.2, -0.15) is 0 Å². The van der Waals surface area contributed by atoms with Crippen molar-refractivity contribution in [2.24, 2.45) is 17.6 Å². The Morgan fingerprint density at radius 3 is 2.42 bits per heavy atom. The van der Waals surface area contributed by atoms with Crippen molar-refractivity contribution in [1.82, 2.24) is 4.90 Å². The van der Waals surface area contributed by atoms with Gasteiger partial charge in [-0.1, -0.05) is 0 Å². The number of benzene rings is 1. The van der Waals surface area contributed by atoms with Crippen molar-refractivity contribution in [3.63, 3.8) is 0 Å². The van der Waals surface area contributed by atoms with Gasteiger partial charge in [0.05, 0.1) is 17.3 Å². The molecule has 1 fully saturated rings. The molecule has 0 radical (unpaired) electrons. The summed E-state index contributed by atoms with van der Waals surface area (Å²) in [6, 6.07) is 0.636. The summed E-state index contributed by atoms with van der Waals surface area (Å²) in [7, 11) is 4.73. The number of nitrogens with one attached hydrogen (secondary N) is 1. The molecule has 0 saturated heterocycles. The standard InChI is InChI=1S/C23H27N3O7/c1-8-5-12(25-2)17(27)14-10(8)6-9-7-11-16(26(3)4)19(29)15(22(24)32)21(31)23(11,33)20(30)13(9)18(14)28/h5,9,11,16,25,27-28,31,33H,6-7H2,1-4H3,(H2,24,32)/t9-,11-,16-,23-/m0/s1. The van der Waals surface area contributed by atoms with E-state index < -0.39 is 58.0 Å². The number of carbonyl (C=O) groups is 3. The lowest BCUT2D eigenvalue weighted by Crippen LogP contribution is -2.65. The maximum atomic E-state index is 13.7. The fourth-order valence-electron chi connectivity index (χ4n) is 5.69. The van der Waals surface area contributed by atoms with Gasteiger partial charge in [0.25, 0.3) is 5.91 Å². The van der Waals surface area contributed by atoms with Gasteiger partial charge in [-0.25, -0.2) is 0 Å². The lowest BCUT2D eigenvalue weighted by Gasteiger charge is -2.50. The number of aryl methyl sites for hydroxylation is 1. The van der Waals surface area contributed by atoms with Crippen LogP contribution in [0.4, 0.5) is 5.69 Å². The fourth-order valence-corrected chi connectivity index (χ4v) is 5.69. The zero-order chi connectivity index (χ0) is 24.6. The van der Waals surface area contributed by atoms with E-state index in [2.05, 4.69) is 5.32 Å². The van der Waals surface area contributed by atoms with Crippen LogP contribution in [0.25, 0.3) is 5.76 Å². The van der Waals surface area contributed by atoms with Crippen LogP contribution in [0.5, 0.6) is 5.75 Å². The van der Waals surface area contributed by atoms with E-state index in [1.807, 2.05) is 6.92 Å². The number of primary amides is 1. The molecule has 3 aliphatic rings. The van der Waals surface area contributed by atoms with Gasteiger partial charge in [0.2, 0.25) is 5.78 Å². The predicted molar refractivity (Wildman–Crippen MR) is 119 cm³/mol. The van der Waals surface area contributed by atoms with Gasteiger partial charge < -0.3 is 31.5 Å². The van der Waals surface area contributed by atoms with Crippen LogP contribution in [-0.2, 0) is 20.8 Å². The third-order valence-corrected chi connectivity index (χ3v) is 7.21. The number of amides is 1. The first-order valence-corrected chi connectivity index (χ1v) is 10.6. The third-order valence-electron chi connectivity index (χ3n) is 7.21. The zero-order valence-electron chi connectivity index (χ0n) is 18.8. The number of nitrogens with two attached hydrogens (primary N) is 1. The summed E-state index contributed by atoms with van der Waals surface area (Å²) in [5.41, 5.74) is 3.56. The molecule has 10 nitrogen and oxygen atoms in total. The van der Waals surface area contributed by atoms with Crippen LogP contribution in [0.15, 0.2) is 23.0 Å². The van der Waals surface area contributed by atoms with Gasteiger partial charge >= 0.3 is 0 Å². The van der Waals surface area contributed by atoms with E-state index in [9.17, 15) is 34.8 Å². The number of hydrogen-bond donors (Lipinski definition) is 6. The molecule has 1 aromatic carbocycles. The highest BCUT2D eigenvalue weighted by Gasteiger charge is 2.64. The number of likely N-dealkylation sites (N-methyl/N-ethyl adjacent to an activating group) is 1. The Morgan fingerprint density at radius 1 is 1.24 bits per heavy atom. The molecule has 1 saturated carbocycles. The molecule has 4 atom stereocenters. The summed E-state index contributed by atoms with van der Waals surface area (Å²) in [6.07, 6.45) is 0.345. The Bertz CT molecular complexity index is 1180. The highest BCUT2D eigenvalue weighted by Crippen LogP contribution is 2.53. The minimum Gasteiger partial charge on any atom is -0.508 e. The van der Waals surface area contributed by atoms with Crippen LogP contribution in [-0.4, -0.2) is 75.6 Å². The first-order chi connectivity index (χ1) is 15.4. The Kier molecular flexibility index (Phi) is 5.06. The fraction of sp³-hybridized carbons (Fsp3) is 0.435. The van der Waals surface area contributed by atoms with Crippen LogP contribution >= 0.6 is 0 Å². The van der Waals surface area contributed by atoms with Crippen molar-refractivity contribution in [1.29, 1.82) is 0 Å². The van der Waals surface area contributed by atoms with Crippen molar-refractivity contribution in [3.8, 4) is 5.75 Å². The molecule has 3 aliphatic carbocycles. The third kappa shape index (κ3) is 2.83. The average molecular weight is 457 g/mol. The van der Waals surface area contributed by atoms with E-state index in [-0.39, 0.29) is 29.7 Å². The molecule has 0 aliphatic heterocycles. The number of ketones is 2. The molecule has 0 spiro atoms. The molecule has 0 bridgehead atoms. The normalized spacial score (nSPS) is 29.1. The summed E-state index contributed by atoms with van der Waals surface area (Å²) in [5, 5.41) is 47.0. The molecule has 7 N–H and O–H groups in total. The predicted octanol–water partition coefficient (Wildman–Crippen LogP) is 0.314. The number of aliphatic hydroxyl groups is 3. The number of aliphatic hydroxyl groups excluding tert-OH is 2. The average Bonchev–Trinajstić information content (AvgIpc) is 2.72. The van der Waals surface area contributed by atoms with Gasteiger partial charge in [0.15, 0.2) is 11.4 Å². The quantitative estimate of drug-likeness (QED) is 0.276. The second kappa shape index (κ2) is 7.32. The highest BCUT2D eigenvalue weighted by molar-refractivity contribution is 6.24. The molecule has 0 heterocycles. The first kappa shape index (κ1) is 22.8. The van der Waals surface area contributed by atoms with Crippen LogP contribution in [0, 0.1) is 18.8 Å². The van der Waals surface area contributed by atoms with E-state index in [1.165, 1.54) is 4.90 Å². The Morgan fingerprint density at radius 2 is 1.88 bits per heavy atom. The Labute approximate surface area is 190 Å². The van der Waals surface area contributed by atoms with Crippen LogP contribution in [0.1, 0.15) is 23.1 Å². The Hall–Kier alpha value is -3.37. The van der Waals surface area contributed by atoms with Gasteiger partial charge in [0.1, 0.15) is 22.8 Å². The van der Waals surface area contributed by atoms with Gasteiger partial charge in [-0.05, 0) is 57.0 Å². The lowest BCUT2D eigenvalue weighted by molar-refractivity contribution is -0.153. The minimum atomic E-state index is -2.63. The van der Waals surface area contributed by atoms with Crippen molar-refractivity contribution >= 4 is 28.9 Å². The Balaban J connectivity index is 2.00. The number of fused-ring (bicyclic) bond motifs is 3. The topological polar surface area (TPSA) is 173 Å². The van der Waals surface area contributed by atoms with E-state index in [0.29, 0.717) is 11.3 Å². The molecule has 4 rings (SSSR count). The molecule has 1 aromatic rings. The maximum absolute atomic E-state index is 13.7. The molecular formula is C23H27N3O7. The van der Waals surface area contributed by atoms with Gasteiger partial charge in [0, 0.05) is 18.5 Å². The number of anilines is 1. The number of aromatic hydroxyl groups is 1. The minimum absolute atomic E-state index is 0.0692. The van der Waals surface area contributed by atoms with Crippen molar-refractivity contribution in [2.45, 2.75) is 31.4 Å². The summed E-state index contributed by atoms with van der Waals surface area (Å²) < 4.78 is 0. The molecule has 0 unspecified atom stereocenters. The number of carbonyl (C=O) groups excluding carboxylic acids is 3. The first-order valence-electron chi connectivity index (χ1n) is 10.6. The number of Topliss-reactive ketones (excluding diaryl/α,β-unsaturated/α-hetero) is 2. The number of nitrogens with zero attached hydrogens (tertiary/aromatic N) is 1. The van der Waals surface area contributed by atoms with Crippen molar-refractivity contribution in [2.75, 3.05) is 26.5 Å². The second-order valence-electron chi connectivity index (χ2n) is 9.15. The maximum Gasteiger partial charge on any atom is 0.255 e. The molecular weight excluding hydrogens is 430 g/mol. The SMILES string of the molecule is CNc1cc(C)c2c(c1O)C(O)=C1C(=O)[C@]3(O)C(O)=C(C(N)=O)C(=O)[C@@H](N(C)C)[C@@H]3C[C@@H]1C2. The molecule has 1 amide bonds. The zero-order valence-corrected chi connectivity index (χ0v) is 18.8. The summed E-state index contributed by atoms with van der Waals surface area (Å²) in [4.78, 5) is 40.2. The van der Waals surface area contributed by atoms with E-state index in [1.54, 1.807) is 27.2 Å². The van der Waals surface area contributed by atoms with E-state index in [4.69, 9.17) is 5.73 Å². The molecule has 33 heavy (non-hydrogen) atoms. The van der Waals surface area contributed by atoms with Gasteiger partial charge in [-0.3, -0.25) is 19.3 Å². The lowest BCUT2D eigenvalue weighted by atomic mass is 9.57. The van der Waals surface area contributed by atoms with Crippen LogP contribution < -0.4 is 11.1 Å². The second-order valence-corrected chi connectivity index (χ2v) is 9.15. The van der Waals surface area contributed by atoms with Crippen molar-refractivity contribution < 1.29 is 34.8 Å².